The molecule has 0 fully saturated rings. The van der Waals surface area contributed by atoms with Crippen molar-refractivity contribution in [2.75, 3.05) is 0 Å². The van der Waals surface area contributed by atoms with E-state index in [-0.39, 0.29) is 0 Å². The van der Waals surface area contributed by atoms with E-state index in [1.807, 2.05) is 0 Å². The molecule has 4 nitrogen and oxygen atoms in total. The van der Waals surface area contributed by atoms with Gasteiger partial charge in [0.1, 0.15) is 0 Å². The van der Waals surface area contributed by atoms with E-state index < -0.39 is 11.1 Å². The van der Waals surface area contributed by atoms with Crippen LogP contribution in [0.3, 0.4) is 0 Å². The topological polar surface area (TPSA) is 62.8 Å². The summed E-state index contributed by atoms with van der Waals surface area (Å²) in [6.45, 7) is 0. The molecule has 0 bridgehead atoms. The summed E-state index contributed by atoms with van der Waals surface area (Å²) in [4.78, 5) is 29.9. The fourth-order valence-electron chi connectivity index (χ4n) is 2.07. The van der Waals surface area contributed by atoms with Crippen LogP contribution >= 0.6 is 23.2 Å². The van der Waals surface area contributed by atoms with Crippen LogP contribution in [0.4, 0.5) is 0 Å². The lowest BCUT2D eigenvalue weighted by Crippen LogP contribution is -2.25. The molecule has 0 spiro atoms. The van der Waals surface area contributed by atoms with Crippen LogP contribution in [0.5, 0.6) is 0 Å². The SMILES string of the molecule is O=c1nc(-c2ccccc2Cl)c2cc(Cl)ccc2[nH]c1=O. The molecule has 3 aromatic rings. The van der Waals surface area contributed by atoms with E-state index in [2.05, 4.69) is 9.97 Å². The number of nitrogens with one attached hydrogen (secondary N) is 1. The second kappa shape index (κ2) is 5.31. The number of benzene rings is 2. The number of halogens is 2. The minimum absolute atomic E-state index is 0.321. The zero-order valence-electron chi connectivity index (χ0n) is 10.6. The van der Waals surface area contributed by atoms with Crippen LogP contribution in [0.15, 0.2) is 52.1 Å². The highest BCUT2D eigenvalue weighted by atomic mass is 35.5. The quantitative estimate of drug-likeness (QED) is 0.700. The van der Waals surface area contributed by atoms with Gasteiger partial charge in [0.25, 0.3) is 0 Å². The number of fused-ring (bicyclic) bond motifs is 1. The van der Waals surface area contributed by atoms with Gasteiger partial charge in [-0.2, -0.15) is 0 Å². The molecule has 1 heterocycles. The van der Waals surface area contributed by atoms with E-state index in [4.69, 9.17) is 23.2 Å². The summed E-state index contributed by atoms with van der Waals surface area (Å²) in [7, 11) is 0. The summed E-state index contributed by atoms with van der Waals surface area (Å²) in [5, 5.41) is 1.45. The van der Waals surface area contributed by atoms with E-state index in [1.54, 1.807) is 42.5 Å². The van der Waals surface area contributed by atoms with Gasteiger partial charge in [-0.1, -0.05) is 41.4 Å². The first kappa shape index (κ1) is 13.8. The average molecular weight is 319 g/mol. The number of rotatable bonds is 1. The second-order valence-electron chi connectivity index (χ2n) is 4.39. The lowest BCUT2D eigenvalue weighted by molar-refractivity contribution is 1.18. The van der Waals surface area contributed by atoms with Crippen LogP contribution in [0.2, 0.25) is 10.0 Å². The minimum Gasteiger partial charge on any atom is -0.317 e. The summed E-state index contributed by atoms with van der Waals surface area (Å²) in [5.74, 6) is 0. The van der Waals surface area contributed by atoms with Crippen LogP contribution in [0, 0.1) is 0 Å². The summed E-state index contributed by atoms with van der Waals surface area (Å²) in [6.07, 6.45) is 0. The van der Waals surface area contributed by atoms with Crippen molar-refractivity contribution in [3.8, 4) is 11.3 Å². The predicted octanol–water partition coefficient (Wildman–Crippen LogP) is 3.26. The lowest BCUT2D eigenvalue weighted by Gasteiger charge is -2.04. The van der Waals surface area contributed by atoms with E-state index in [0.717, 1.165) is 0 Å². The molecule has 0 atom stereocenters. The Bertz CT molecular complexity index is 967. The zero-order chi connectivity index (χ0) is 15.0. The third-order valence-corrected chi connectivity index (χ3v) is 3.59. The molecule has 0 radical (unpaired) electrons. The Balaban J connectivity index is 2.56. The van der Waals surface area contributed by atoms with Gasteiger partial charge < -0.3 is 4.98 Å². The third-order valence-electron chi connectivity index (χ3n) is 3.02. The zero-order valence-corrected chi connectivity index (χ0v) is 12.1. The maximum Gasteiger partial charge on any atom is 0.335 e. The number of hydrogen-bond donors (Lipinski definition) is 1. The Labute approximate surface area is 129 Å². The van der Waals surface area contributed by atoms with E-state index in [1.165, 1.54) is 0 Å². The first-order chi connectivity index (χ1) is 10.1. The van der Waals surface area contributed by atoms with Crippen LogP contribution in [0.1, 0.15) is 0 Å². The lowest BCUT2D eigenvalue weighted by atomic mass is 10.1. The number of H-pyrrole nitrogens is 1. The number of hydrogen-bond acceptors (Lipinski definition) is 3. The first-order valence-electron chi connectivity index (χ1n) is 6.05. The van der Waals surface area contributed by atoms with Crippen molar-refractivity contribution in [1.82, 2.24) is 9.97 Å². The van der Waals surface area contributed by atoms with Crippen molar-refractivity contribution < 1.29 is 0 Å². The predicted molar refractivity (Wildman–Crippen MR) is 84.1 cm³/mol. The fourth-order valence-corrected chi connectivity index (χ4v) is 2.47. The Morgan fingerprint density at radius 1 is 1.00 bits per heavy atom. The molecule has 21 heavy (non-hydrogen) atoms. The van der Waals surface area contributed by atoms with Crippen molar-refractivity contribution in [3.63, 3.8) is 0 Å². The second-order valence-corrected chi connectivity index (χ2v) is 5.23. The van der Waals surface area contributed by atoms with E-state index in [9.17, 15) is 9.59 Å². The molecule has 0 aliphatic carbocycles. The molecule has 2 aromatic carbocycles. The smallest absolute Gasteiger partial charge is 0.317 e. The highest BCUT2D eigenvalue weighted by Crippen LogP contribution is 2.30. The van der Waals surface area contributed by atoms with Gasteiger partial charge in [0.2, 0.25) is 0 Å². The molecular weight excluding hydrogens is 311 g/mol. The summed E-state index contributed by atoms with van der Waals surface area (Å²) >= 11 is 12.2. The van der Waals surface area contributed by atoms with Gasteiger partial charge in [-0.25, -0.2) is 4.98 Å². The van der Waals surface area contributed by atoms with Gasteiger partial charge in [0, 0.05) is 21.0 Å². The summed E-state index contributed by atoms with van der Waals surface area (Å²) in [6, 6.07) is 11.9. The number of aromatic amines is 1. The van der Waals surface area contributed by atoms with Crippen molar-refractivity contribution in [3.05, 3.63) is 73.2 Å². The molecule has 0 aliphatic heterocycles. The van der Waals surface area contributed by atoms with Crippen LogP contribution in [-0.4, -0.2) is 9.97 Å². The minimum atomic E-state index is -0.878. The monoisotopic (exact) mass is 318 g/mol. The van der Waals surface area contributed by atoms with Gasteiger partial charge in [-0.05, 0) is 24.3 Å². The van der Waals surface area contributed by atoms with Crippen molar-refractivity contribution in [2.24, 2.45) is 0 Å². The van der Waals surface area contributed by atoms with Gasteiger partial charge in [0.05, 0.1) is 11.2 Å². The van der Waals surface area contributed by atoms with E-state index in [0.29, 0.717) is 32.2 Å². The standard InChI is InChI=1S/C15H8Cl2N2O2/c16-8-5-6-12-10(7-8)13(19-15(21)14(20)18-12)9-3-1-2-4-11(9)17/h1-7H,(H,18,19,20,21). The molecule has 1 aromatic heterocycles. The largest absolute Gasteiger partial charge is 0.335 e. The molecule has 0 saturated heterocycles. The maximum absolute atomic E-state index is 11.8. The maximum atomic E-state index is 11.8. The molecule has 0 saturated carbocycles. The highest BCUT2D eigenvalue weighted by molar-refractivity contribution is 6.34. The number of nitrogens with zero attached hydrogens (tertiary/aromatic N) is 1. The van der Waals surface area contributed by atoms with Gasteiger partial charge in [0.15, 0.2) is 0 Å². The molecule has 0 amide bonds. The van der Waals surface area contributed by atoms with Crippen molar-refractivity contribution in [1.29, 1.82) is 0 Å². The molecule has 6 heteroatoms. The van der Waals surface area contributed by atoms with Crippen molar-refractivity contribution >= 4 is 34.1 Å². The molecular formula is C15H8Cl2N2O2. The molecule has 1 N–H and O–H groups in total. The van der Waals surface area contributed by atoms with Gasteiger partial charge in [-0.3, -0.25) is 9.59 Å². The Hall–Kier alpha value is -2.17. The van der Waals surface area contributed by atoms with Crippen molar-refractivity contribution in [2.45, 2.75) is 0 Å². The fraction of sp³-hybridized carbons (Fsp3) is 0. The van der Waals surface area contributed by atoms with Crippen LogP contribution in [-0.2, 0) is 0 Å². The Morgan fingerprint density at radius 2 is 1.76 bits per heavy atom. The Kier molecular flexibility index (Phi) is 3.49. The van der Waals surface area contributed by atoms with Crippen LogP contribution < -0.4 is 11.1 Å². The molecule has 0 unspecified atom stereocenters. The molecule has 0 aliphatic rings. The number of aromatic nitrogens is 2. The molecule has 104 valence electrons. The summed E-state index contributed by atoms with van der Waals surface area (Å²) < 4.78 is 0. The average Bonchev–Trinajstić information content (AvgIpc) is 2.58. The van der Waals surface area contributed by atoms with Gasteiger partial charge in [-0.15, -0.1) is 0 Å². The third kappa shape index (κ3) is 2.55. The van der Waals surface area contributed by atoms with E-state index >= 15 is 0 Å². The first-order valence-corrected chi connectivity index (χ1v) is 6.80. The molecule has 3 rings (SSSR count). The van der Waals surface area contributed by atoms with Crippen LogP contribution in [0.25, 0.3) is 22.2 Å². The summed E-state index contributed by atoms with van der Waals surface area (Å²) in [5.41, 5.74) is -0.319. The normalized spacial score (nSPS) is 10.8. The highest BCUT2D eigenvalue weighted by Gasteiger charge is 2.11. The van der Waals surface area contributed by atoms with Gasteiger partial charge >= 0.3 is 11.1 Å². The Morgan fingerprint density at radius 3 is 2.52 bits per heavy atom.